The van der Waals surface area contributed by atoms with Gasteiger partial charge in [-0.2, -0.15) is 0 Å². The molecule has 1 aromatic carbocycles. The number of carbonyl (C=O) groups excluding carboxylic acids is 1. The number of nitrogens with zero attached hydrogens (tertiary/aromatic N) is 3. The molecule has 2 N–H and O–H groups in total. The molecular formula is C22H33N5O. The quantitative estimate of drug-likeness (QED) is 0.439. The molecule has 0 unspecified atom stereocenters. The number of aliphatic imine (C=N–C) groups is 1. The third-order valence-corrected chi connectivity index (χ3v) is 5.50. The fraction of sp³-hybridized carbons (Fsp3) is 0.545. The van der Waals surface area contributed by atoms with E-state index < -0.39 is 0 Å². The molecule has 0 atom stereocenters. The third-order valence-electron chi connectivity index (χ3n) is 5.50. The number of guanidine groups is 1. The molecule has 1 saturated heterocycles. The molecule has 3 rings (SSSR count). The number of carbonyl (C=O) groups is 1. The number of likely N-dealkylation sites (tertiary alicyclic amines) is 1. The second-order valence-corrected chi connectivity index (χ2v) is 7.46. The summed E-state index contributed by atoms with van der Waals surface area (Å²) in [5.41, 5.74) is 1.29. The highest BCUT2D eigenvalue weighted by Gasteiger charge is 2.22. The lowest BCUT2D eigenvalue weighted by Crippen LogP contribution is -2.46. The summed E-state index contributed by atoms with van der Waals surface area (Å²) in [6.45, 7) is 6.71. The smallest absolute Gasteiger partial charge is 0.220 e. The molecule has 2 aromatic rings. The van der Waals surface area contributed by atoms with E-state index in [0.29, 0.717) is 12.3 Å². The van der Waals surface area contributed by atoms with E-state index in [1.54, 1.807) is 7.05 Å². The predicted octanol–water partition coefficient (Wildman–Crippen LogP) is 2.85. The molecule has 28 heavy (non-hydrogen) atoms. The highest BCUT2D eigenvalue weighted by atomic mass is 16.1. The van der Waals surface area contributed by atoms with E-state index >= 15 is 0 Å². The Morgan fingerprint density at radius 1 is 1.21 bits per heavy atom. The van der Waals surface area contributed by atoms with Crippen LogP contribution in [-0.4, -0.2) is 54.6 Å². The monoisotopic (exact) mass is 383 g/mol. The van der Waals surface area contributed by atoms with Crippen molar-refractivity contribution in [2.45, 2.75) is 39.2 Å². The van der Waals surface area contributed by atoms with Crippen LogP contribution in [0, 0.1) is 5.92 Å². The fourth-order valence-corrected chi connectivity index (χ4v) is 3.90. The van der Waals surface area contributed by atoms with Gasteiger partial charge in [-0.25, -0.2) is 0 Å². The zero-order valence-corrected chi connectivity index (χ0v) is 17.2. The van der Waals surface area contributed by atoms with Crippen molar-refractivity contribution in [1.82, 2.24) is 20.1 Å². The number of fused-ring (bicyclic) bond motifs is 1. The van der Waals surface area contributed by atoms with Crippen LogP contribution in [0.4, 0.5) is 0 Å². The molecule has 1 fully saturated rings. The Morgan fingerprint density at radius 2 is 2.00 bits per heavy atom. The van der Waals surface area contributed by atoms with Crippen LogP contribution < -0.4 is 10.6 Å². The molecule has 1 aliphatic heterocycles. The van der Waals surface area contributed by atoms with Gasteiger partial charge in [0.15, 0.2) is 5.96 Å². The second-order valence-electron chi connectivity index (χ2n) is 7.46. The number of rotatable bonds is 7. The van der Waals surface area contributed by atoms with Crippen LogP contribution in [0.15, 0.2) is 41.5 Å². The summed E-state index contributed by atoms with van der Waals surface area (Å²) in [6, 6.07) is 10.7. The van der Waals surface area contributed by atoms with E-state index in [0.717, 1.165) is 57.9 Å². The van der Waals surface area contributed by atoms with Crippen molar-refractivity contribution in [3.05, 3.63) is 36.5 Å². The molecule has 1 amide bonds. The molecule has 0 bridgehead atoms. The fourth-order valence-electron chi connectivity index (χ4n) is 3.90. The van der Waals surface area contributed by atoms with E-state index in [1.165, 1.54) is 10.9 Å². The number of para-hydroxylation sites is 1. The zero-order valence-electron chi connectivity index (χ0n) is 17.2. The molecule has 6 nitrogen and oxygen atoms in total. The van der Waals surface area contributed by atoms with Gasteiger partial charge >= 0.3 is 0 Å². The first-order valence-electron chi connectivity index (χ1n) is 10.5. The Kier molecular flexibility index (Phi) is 7.34. The van der Waals surface area contributed by atoms with E-state index in [9.17, 15) is 4.79 Å². The topological polar surface area (TPSA) is 61.7 Å². The number of aryl methyl sites for hydroxylation is 1. The summed E-state index contributed by atoms with van der Waals surface area (Å²) in [5.74, 6) is 1.65. The molecule has 2 heterocycles. The molecule has 6 heteroatoms. The molecule has 0 spiro atoms. The van der Waals surface area contributed by atoms with Crippen LogP contribution in [0.3, 0.4) is 0 Å². The van der Waals surface area contributed by atoms with Crippen molar-refractivity contribution in [2.24, 2.45) is 10.9 Å². The molecule has 0 saturated carbocycles. The number of hydrogen-bond acceptors (Lipinski definition) is 2. The predicted molar refractivity (Wildman–Crippen MR) is 116 cm³/mol. The average Bonchev–Trinajstić information content (AvgIpc) is 3.14. The van der Waals surface area contributed by atoms with Crippen molar-refractivity contribution in [3.8, 4) is 0 Å². The summed E-state index contributed by atoms with van der Waals surface area (Å²) >= 11 is 0. The number of benzene rings is 1. The summed E-state index contributed by atoms with van der Waals surface area (Å²) in [5, 5.41) is 7.46. The Hall–Kier alpha value is -2.50. The Bertz CT molecular complexity index is 789. The zero-order chi connectivity index (χ0) is 19.8. The standard InChI is InChI=1S/C22H33N5O/c1-3-24-22(27-14-9-18(10-15-27)17-21(28)23-2)25-12-6-13-26-16-11-19-7-4-5-8-20(19)26/h4-5,7-8,11,16,18H,3,6,9-10,12-15,17H2,1-2H3,(H,23,28)(H,24,25). The minimum atomic E-state index is 0.150. The summed E-state index contributed by atoms with van der Waals surface area (Å²) in [4.78, 5) is 18.8. The first-order chi connectivity index (χ1) is 13.7. The van der Waals surface area contributed by atoms with E-state index in [4.69, 9.17) is 4.99 Å². The van der Waals surface area contributed by atoms with E-state index in [1.807, 2.05) is 0 Å². The van der Waals surface area contributed by atoms with Gasteiger partial charge < -0.3 is 20.1 Å². The van der Waals surface area contributed by atoms with E-state index in [-0.39, 0.29) is 5.91 Å². The summed E-state index contributed by atoms with van der Waals surface area (Å²) in [6.07, 6.45) is 5.92. The number of piperidine rings is 1. The second kappa shape index (κ2) is 10.2. The molecule has 152 valence electrons. The first-order valence-corrected chi connectivity index (χ1v) is 10.5. The summed E-state index contributed by atoms with van der Waals surface area (Å²) in [7, 11) is 1.71. The third kappa shape index (κ3) is 5.27. The van der Waals surface area contributed by atoms with Crippen LogP contribution in [0.1, 0.15) is 32.6 Å². The maximum atomic E-state index is 11.6. The van der Waals surface area contributed by atoms with Crippen molar-refractivity contribution in [3.63, 3.8) is 0 Å². The molecule has 1 aromatic heterocycles. The Labute approximate surface area is 168 Å². The van der Waals surface area contributed by atoms with Crippen LogP contribution in [-0.2, 0) is 11.3 Å². The first kappa shape index (κ1) is 20.2. The number of hydrogen-bond donors (Lipinski definition) is 2. The SMILES string of the molecule is CCNC(=NCCCn1ccc2ccccc21)N1CCC(CC(=O)NC)CC1. The maximum absolute atomic E-state index is 11.6. The van der Waals surface area contributed by atoms with Gasteiger partial charge in [-0.1, -0.05) is 18.2 Å². The van der Waals surface area contributed by atoms with Gasteiger partial charge in [0.1, 0.15) is 0 Å². The highest BCUT2D eigenvalue weighted by molar-refractivity contribution is 5.80. The minimum absolute atomic E-state index is 0.150. The number of amides is 1. The molecular weight excluding hydrogens is 350 g/mol. The molecule has 0 aliphatic carbocycles. The lowest BCUT2D eigenvalue weighted by molar-refractivity contribution is -0.121. The number of nitrogens with one attached hydrogen (secondary N) is 2. The van der Waals surface area contributed by atoms with Crippen molar-refractivity contribution in [1.29, 1.82) is 0 Å². The van der Waals surface area contributed by atoms with Crippen molar-refractivity contribution >= 4 is 22.8 Å². The van der Waals surface area contributed by atoms with E-state index in [2.05, 4.69) is 63.6 Å². The van der Waals surface area contributed by atoms with Gasteiger partial charge in [0.25, 0.3) is 0 Å². The highest BCUT2D eigenvalue weighted by Crippen LogP contribution is 2.20. The van der Waals surface area contributed by atoms with Crippen LogP contribution >= 0.6 is 0 Å². The van der Waals surface area contributed by atoms with Gasteiger partial charge in [0, 0.05) is 57.9 Å². The summed E-state index contributed by atoms with van der Waals surface area (Å²) < 4.78 is 2.31. The van der Waals surface area contributed by atoms with Gasteiger partial charge in [-0.3, -0.25) is 9.79 Å². The van der Waals surface area contributed by atoms with Gasteiger partial charge in [-0.15, -0.1) is 0 Å². The normalized spacial score (nSPS) is 15.8. The van der Waals surface area contributed by atoms with Gasteiger partial charge in [0.05, 0.1) is 0 Å². The number of aromatic nitrogens is 1. The minimum Gasteiger partial charge on any atom is -0.359 e. The van der Waals surface area contributed by atoms with Crippen molar-refractivity contribution < 1.29 is 4.79 Å². The van der Waals surface area contributed by atoms with Crippen LogP contribution in [0.5, 0.6) is 0 Å². The largest absolute Gasteiger partial charge is 0.359 e. The van der Waals surface area contributed by atoms with Gasteiger partial charge in [-0.05, 0) is 49.6 Å². The molecule has 0 radical (unpaired) electrons. The van der Waals surface area contributed by atoms with Crippen molar-refractivity contribution in [2.75, 3.05) is 33.2 Å². The maximum Gasteiger partial charge on any atom is 0.220 e. The Morgan fingerprint density at radius 3 is 2.75 bits per heavy atom. The van der Waals surface area contributed by atoms with Crippen LogP contribution in [0.2, 0.25) is 0 Å². The lowest BCUT2D eigenvalue weighted by atomic mass is 9.93. The lowest BCUT2D eigenvalue weighted by Gasteiger charge is -2.34. The van der Waals surface area contributed by atoms with Gasteiger partial charge in [0.2, 0.25) is 5.91 Å². The average molecular weight is 384 g/mol. The molecule has 1 aliphatic rings. The van der Waals surface area contributed by atoms with Crippen LogP contribution in [0.25, 0.3) is 10.9 Å². The Balaban J connectivity index is 1.49.